The Morgan fingerprint density at radius 1 is 0.544 bits per heavy atom. The first kappa shape index (κ1) is 55.7. The highest BCUT2D eigenvalue weighted by Gasteiger charge is 2.26. The minimum atomic E-state index is -4.28. The number of allylic oxidation sites excluding steroid dienone is 6. The van der Waals surface area contributed by atoms with Crippen LogP contribution >= 0.6 is 7.82 Å². The third-order valence-corrected chi connectivity index (χ3v) is 11.2. The summed E-state index contributed by atoms with van der Waals surface area (Å²) in [5, 5.41) is 0. The molecule has 0 rings (SSSR count). The fourth-order valence-electron chi connectivity index (χ4n) is 6.46. The van der Waals surface area contributed by atoms with Gasteiger partial charge in [-0.15, -0.1) is 0 Å². The van der Waals surface area contributed by atoms with Crippen molar-refractivity contribution in [2.75, 3.05) is 54.1 Å². The lowest BCUT2D eigenvalue weighted by atomic mass is 10.1. The number of rotatable bonds is 44. The van der Waals surface area contributed by atoms with Gasteiger partial charge in [0.25, 0.3) is 0 Å². The van der Waals surface area contributed by atoms with Gasteiger partial charge in [0.1, 0.15) is 19.3 Å². The lowest BCUT2D eigenvalue weighted by Crippen LogP contribution is -2.37. The lowest BCUT2D eigenvalue weighted by Gasteiger charge is -2.24. The fraction of sp³-hybridized carbons (Fsp3) is 0.854. The number of phosphoric ester groups is 1. The van der Waals surface area contributed by atoms with Gasteiger partial charge in [-0.1, -0.05) is 166 Å². The maximum Gasteiger partial charge on any atom is 0.472 e. The number of phosphoric acid groups is 1. The summed E-state index contributed by atoms with van der Waals surface area (Å²) < 4.78 is 35.1. The minimum absolute atomic E-state index is 0.0856. The Morgan fingerprint density at radius 3 is 1.47 bits per heavy atom. The van der Waals surface area contributed by atoms with Gasteiger partial charge in [-0.05, 0) is 70.6 Å². The molecule has 0 aliphatic heterocycles. The van der Waals surface area contributed by atoms with Gasteiger partial charge in [0.15, 0.2) is 0 Å². The van der Waals surface area contributed by atoms with Crippen molar-refractivity contribution in [2.24, 2.45) is 0 Å². The third-order valence-electron chi connectivity index (χ3n) is 10.2. The molecule has 0 bridgehead atoms. The van der Waals surface area contributed by atoms with Crippen LogP contribution in [-0.2, 0) is 27.9 Å². The number of carbonyl (C=O) groups excluding carboxylic acids is 1. The summed E-state index contributed by atoms with van der Waals surface area (Å²) in [4.78, 5) is 22.9. The number of unbranched alkanes of at least 4 members (excludes halogenated alkanes) is 24. The Labute approximate surface area is 353 Å². The van der Waals surface area contributed by atoms with E-state index in [9.17, 15) is 14.3 Å². The van der Waals surface area contributed by atoms with E-state index in [4.69, 9.17) is 18.5 Å². The highest BCUT2D eigenvalue weighted by atomic mass is 31.2. The van der Waals surface area contributed by atoms with Crippen molar-refractivity contribution >= 4 is 13.8 Å². The summed E-state index contributed by atoms with van der Waals surface area (Å²) in [7, 11) is 1.66. The van der Waals surface area contributed by atoms with E-state index in [1.807, 2.05) is 21.1 Å². The molecule has 0 aromatic carbocycles. The number of esters is 1. The van der Waals surface area contributed by atoms with Crippen LogP contribution in [0.4, 0.5) is 0 Å². The minimum Gasteiger partial charge on any atom is -0.457 e. The quantitative estimate of drug-likeness (QED) is 0.0215. The molecule has 0 amide bonds. The third kappa shape index (κ3) is 45.7. The van der Waals surface area contributed by atoms with E-state index in [1.54, 1.807) is 0 Å². The molecule has 0 radical (unpaired) electrons. The van der Waals surface area contributed by atoms with Gasteiger partial charge >= 0.3 is 13.8 Å². The van der Waals surface area contributed by atoms with Crippen LogP contribution in [0.5, 0.6) is 0 Å². The number of ether oxygens (including phenoxy) is 2. The van der Waals surface area contributed by atoms with E-state index >= 15 is 0 Å². The Balaban J connectivity index is 4.18. The number of likely N-dealkylation sites (N-methyl/N-ethyl adjacent to an activating group) is 1. The molecule has 57 heavy (non-hydrogen) atoms. The van der Waals surface area contributed by atoms with E-state index in [-0.39, 0.29) is 25.8 Å². The van der Waals surface area contributed by atoms with Crippen molar-refractivity contribution in [3.63, 3.8) is 0 Å². The Kier molecular flexibility index (Phi) is 40.5. The van der Waals surface area contributed by atoms with E-state index in [0.717, 1.165) is 57.8 Å². The smallest absolute Gasteiger partial charge is 0.457 e. The second kappa shape index (κ2) is 41.5. The zero-order chi connectivity index (χ0) is 42.0. The van der Waals surface area contributed by atoms with Gasteiger partial charge in [-0.25, -0.2) is 4.57 Å². The van der Waals surface area contributed by atoms with Gasteiger partial charge in [0.05, 0.1) is 34.4 Å². The highest BCUT2D eigenvalue weighted by Crippen LogP contribution is 2.43. The first-order valence-corrected chi connectivity index (χ1v) is 25.2. The Morgan fingerprint density at radius 2 is 0.965 bits per heavy atom. The van der Waals surface area contributed by atoms with Crippen LogP contribution in [0, 0.1) is 0 Å². The summed E-state index contributed by atoms with van der Waals surface area (Å²) >= 11 is 0. The van der Waals surface area contributed by atoms with Crippen molar-refractivity contribution in [1.82, 2.24) is 0 Å². The molecule has 0 fully saturated rings. The first-order valence-electron chi connectivity index (χ1n) is 23.7. The van der Waals surface area contributed by atoms with Gasteiger partial charge in [-0.2, -0.15) is 0 Å². The van der Waals surface area contributed by atoms with Crippen LogP contribution in [0.2, 0.25) is 0 Å². The van der Waals surface area contributed by atoms with Crippen LogP contribution in [0.3, 0.4) is 0 Å². The average molecular weight is 827 g/mol. The molecule has 0 heterocycles. The largest absolute Gasteiger partial charge is 0.472 e. The summed E-state index contributed by atoms with van der Waals surface area (Å²) in [5.74, 6) is -0.327. The molecule has 0 aliphatic carbocycles. The zero-order valence-corrected chi connectivity index (χ0v) is 39.0. The normalized spacial score (nSPS) is 14.0. The van der Waals surface area contributed by atoms with Gasteiger partial charge in [0.2, 0.25) is 0 Å². The van der Waals surface area contributed by atoms with E-state index in [2.05, 4.69) is 50.3 Å². The van der Waals surface area contributed by atoms with Crippen molar-refractivity contribution in [1.29, 1.82) is 0 Å². The number of hydrogen-bond donors (Lipinski definition) is 1. The number of hydrogen-bond acceptors (Lipinski definition) is 6. The topological polar surface area (TPSA) is 91.3 Å². The molecule has 0 aromatic rings. The monoisotopic (exact) mass is 827 g/mol. The molecule has 0 spiro atoms. The summed E-state index contributed by atoms with van der Waals surface area (Å²) in [6.07, 6.45) is 48.9. The first-order chi connectivity index (χ1) is 27.6. The predicted octanol–water partition coefficient (Wildman–Crippen LogP) is 14.2. The van der Waals surface area contributed by atoms with E-state index < -0.39 is 13.9 Å². The second-order valence-electron chi connectivity index (χ2n) is 17.1. The van der Waals surface area contributed by atoms with Crippen LogP contribution in [0.15, 0.2) is 36.5 Å². The molecule has 9 heteroatoms. The van der Waals surface area contributed by atoms with Crippen molar-refractivity contribution in [2.45, 2.75) is 213 Å². The fourth-order valence-corrected chi connectivity index (χ4v) is 7.20. The highest BCUT2D eigenvalue weighted by molar-refractivity contribution is 7.47. The molecule has 8 nitrogen and oxygen atoms in total. The summed E-state index contributed by atoms with van der Waals surface area (Å²) in [6, 6.07) is 0. The van der Waals surface area contributed by atoms with Gasteiger partial charge < -0.3 is 18.9 Å². The summed E-state index contributed by atoms with van der Waals surface area (Å²) in [5.41, 5.74) is 0. The molecule has 0 saturated carbocycles. The molecule has 2 atom stereocenters. The van der Waals surface area contributed by atoms with Crippen molar-refractivity contribution in [3.05, 3.63) is 36.5 Å². The maximum atomic E-state index is 12.7. The van der Waals surface area contributed by atoms with Crippen molar-refractivity contribution in [3.8, 4) is 0 Å². The summed E-state index contributed by atoms with van der Waals surface area (Å²) in [6.45, 7) is 5.59. The lowest BCUT2D eigenvalue weighted by molar-refractivity contribution is -0.870. The maximum absolute atomic E-state index is 12.7. The molecule has 2 unspecified atom stereocenters. The van der Waals surface area contributed by atoms with Crippen LogP contribution in [0.1, 0.15) is 206 Å². The molecular weight excluding hydrogens is 734 g/mol. The van der Waals surface area contributed by atoms with Gasteiger partial charge in [-0.3, -0.25) is 13.8 Å². The van der Waals surface area contributed by atoms with Crippen LogP contribution < -0.4 is 0 Å². The molecule has 336 valence electrons. The SMILES string of the molecule is CCCCC/C=C\C/C=C\CCCCCCCC(=O)OC(COCCCCCCCCCCCC/C=C\CCCCCCCC)COP(=O)(O)OCC[N+](C)(C)C. The Hall–Kier alpha value is -1.28. The number of quaternary nitrogens is 1. The standard InChI is InChI=1S/C48H92NO7P/c1-6-8-10-12-14-16-18-20-22-23-24-25-26-28-30-32-34-36-38-40-43-53-45-47(46-55-57(51,52)54-44-42-49(3,4)5)56-48(50)41-39-37-35-33-31-29-27-21-19-17-15-13-11-9-7-2/h15,17,20-22,27,47H,6-14,16,18-19,23-26,28-46H2,1-5H3/p+1/b17-15-,22-20-,27-21-. The molecule has 0 saturated heterocycles. The predicted molar refractivity (Wildman–Crippen MR) is 243 cm³/mol. The number of carbonyl (C=O) groups is 1. The van der Waals surface area contributed by atoms with Gasteiger partial charge in [0, 0.05) is 13.0 Å². The van der Waals surface area contributed by atoms with Crippen molar-refractivity contribution < 1.29 is 37.3 Å². The Bertz CT molecular complexity index is 1010. The molecule has 1 N–H and O–H groups in total. The van der Waals surface area contributed by atoms with E-state index in [1.165, 1.54) is 128 Å². The molecule has 0 aromatic heterocycles. The molecular formula is C48H93NO7P+. The number of nitrogens with zero attached hydrogens (tertiary/aromatic N) is 1. The van der Waals surface area contributed by atoms with Crippen LogP contribution in [-0.4, -0.2) is 75.6 Å². The van der Waals surface area contributed by atoms with E-state index in [0.29, 0.717) is 24.1 Å². The average Bonchev–Trinajstić information content (AvgIpc) is 3.16. The molecule has 0 aliphatic rings. The zero-order valence-electron chi connectivity index (χ0n) is 38.1. The van der Waals surface area contributed by atoms with Crippen LogP contribution in [0.25, 0.3) is 0 Å². The second-order valence-corrected chi connectivity index (χ2v) is 18.6.